The van der Waals surface area contributed by atoms with Crippen molar-refractivity contribution in [3.05, 3.63) is 164 Å². The second-order valence-corrected chi connectivity index (χ2v) is 10.6. The lowest BCUT2D eigenvalue weighted by molar-refractivity contribution is 0.669. The number of fused-ring (bicyclic) bond motifs is 4. The minimum absolute atomic E-state index is 0.875. The van der Waals surface area contributed by atoms with E-state index in [-0.39, 0.29) is 0 Å². The molecule has 8 rings (SSSR count). The van der Waals surface area contributed by atoms with Crippen molar-refractivity contribution in [3.63, 3.8) is 0 Å². The monoisotopic (exact) mass is 537 g/mol. The molecule has 198 valence electrons. The van der Waals surface area contributed by atoms with Crippen LogP contribution < -0.4 is 4.90 Å². The molecule has 0 spiro atoms. The van der Waals surface area contributed by atoms with Gasteiger partial charge >= 0.3 is 0 Å². The summed E-state index contributed by atoms with van der Waals surface area (Å²) in [6.45, 7) is 0. The van der Waals surface area contributed by atoms with E-state index in [0.29, 0.717) is 0 Å². The van der Waals surface area contributed by atoms with Gasteiger partial charge in [-0.3, -0.25) is 0 Å². The minimum Gasteiger partial charge on any atom is -0.456 e. The van der Waals surface area contributed by atoms with Crippen LogP contribution in [0.3, 0.4) is 0 Å². The Morgan fingerprint density at radius 2 is 0.952 bits per heavy atom. The van der Waals surface area contributed by atoms with Crippen molar-refractivity contribution in [2.24, 2.45) is 0 Å². The van der Waals surface area contributed by atoms with Crippen LogP contribution in [0.5, 0.6) is 0 Å². The van der Waals surface area contributed by atoms with E-state index in [1.165, 1.54) is 27.5 Å². The maximum Gasteiger partial charge on any atom is 0.137 e. The molecule has 0 aliphatic rings. The molecule has 0 fully saturated rings. The van der Waals surface area contributed by atoms with Crippen molar-refractivity contribution in [3.8, 4) is 22.3 Å². The zero-order valence-corrected chi connectivity index (χ0v) is 22.9. The van der Waals surface area contributed by atoms with Crippen molar-refractivity contribution >= 4 is 49.8 Å². The van der Waals surface area contributed by atoms with Gasteiger partial charge in [0.05, 0.1) is 0 Å². The SMILES string of the molecule is c1ccc(-c2cc(-c3ccc4c(c3)oc3cc(N(c5ccccc5)c5ccccc5)ccc34)cc3ccccc23)cc1. The average Bonchev–Trinajstić information content (AvgIpc) is 3.43. The summed E-state index contributed by atoms with van der Waals surface area (Å²) in [4.78, 5) is 2.26. The maximum atomic E-state index is 6.55. The highest BCUT2D eigenvalue weighted by Gasteiger charge is 2.16. The van der Waals surface area contributed by atoms with E-state index in [1.807, 2.05) is 12.1 Å². The smallest absolute Gasteiger partial charge is 0.137 e. The molecule has 0 unspecified atom stereocenters. The molecule has 0 radical (unpaired) electrons. The predicted octanol–water partition coefficient (Wildman–Crippen LogP) is 11.5. The summed E-state index contributed by atoms with van der Waals surface area (Å²) in [5, 5.41) is 4.72. The van der Waals surface area contributed by atoms with E-state index in [1.54, 1.807) is 0 Å². The van der Waals surface area contributed by atoms with Crippen molar-refractivity contribution in [2.75, 3.05) is 4.90 Å². The first-order valence-electron chi connectivity index (χ1n) is 14.3. The van der Waals surface area contributed by atoms with E-state index in [4.69, 9.17) is 4.42 Å². The first kappa shape index (κ1) is 24.2. The Bertz CT molecular complexity index is 2140. The van der Waals surface area contributed by atoms with E-state index in [2.05, 4.69) is 157 Å². The van der Waals surface area contributed by atoms with Crippen LogP contribution in [0, 0.1) is 0 Å². The van der Waals surface area contributed by atoms with Crippen LogP contribution in [0.2, 0.25) is 0 Å². The molecule has 1 aromatic heterocycles. The summed E-state index contributed by atoms with van der Waals surface area (Å²) >= 11 is 0. The number of para-hydroxylation sites is 2. The largest absolute Gasteiger partial charge is 0.456 e. The third-order valence-corrected chi connectivity index (χ3v) is 8.02. The minimum atomic E-state index is 0.875. The van der Waals surface area contributed by atoms with Gasteiger partial charge in [-0.2, -0.15) is 0 Å². The zero-order chi connectivity index (χ0) is 27.9. The Balaban J connectivity index is 1.25. The lowest BCUT2D eigenvalue weighted by atomic mass is 9.93. The molecule has 0 N–H and O–H groups in total. The van der Waals surface area contributed by atoms with Gasteiger partial charge in [0.1, 0.15) is 11.2 Å². The van der Waals surface area contributed by atoms with E-state index < -0.39 is 0 Å². The van der Waals surface area contributed by atoms with Gasteiger partial charge in [-0.1, -0.05) is 97.1 Å². The van der Waals surface area contributed by atoms with Gasteiger partial charge in [-0.25, -0.2) is 0 Å². The molecule has 8 aromatic rings. The zero-order valence-electron chi connectivity index (χ0n) is 22.9. The first-order valence-corrected chi connectivity index (χ1v) is 14.3. The van der Waals surface area contributed by atoms with Gasteiger partial charge in [0.15, 0.2) is 0 Å². The highest BCUT2D eigenvalue weighted by molar-refractivity contribution is 6.08. The molecule has 0 amide bonds. The fourth-order valence-electron chi connectivity index (χ4n) is 6.02. The number of benzene rings is 7. The van der Waals surface area contributed by atoms with E-state index in [9.17, 15) is 0 Å². The molecule has 2 heteroatoms. The fraction of sp³-hybridized carbons (Fsp3) is 0. The van der Waals surface area contributed by atoms with Crippen molar-refractivity contribution in [2.45, 2.75) is 0 Å². The van der Waals surface area contributed by atoms with Crippen LogP contribution in [-0.2, 0) is 0 Å². The van der Waals surface area contributed by atoms with Gasteiger partial charge in [-0.15, -0.1) is 0 Å². The number of nitrogens with zero attached hydrogens (tertiary/aromatic N) is 1. The molecule has 7 aromatic carbocycles. The summed E-state index contributed by atoms with van der Waals surface area (Å²) in [6, 6.07) is 57.8. The molecule has 0 aliphatic carbocycles. The first-order chi connectivity index (χ1) is 20.8. The number of hydrogen-bond donors (Lipinski definition) is 0. The Hall–Kier alpha value is -5.60. The molecule has 0 bridgehead atoms. The van der Waals surface area contributed by atoms with Gasteiger partial charge in [0.25, 0.3) is 0 Å². The lowest BCUT2D eigenvalue weighted by Gasteiger charge is -2.25. The molecule has 0 saturated heterocycles. The van der Waals surface area contributed by atoms with Gasteiger partial charge < -0.3 is 9.32 Å². The number of furan rings is 1. The summed E-state index contributed by atoms with van der Waals surface area (Å²) < 4.78 is 6.55. The maximum absolute atomic E-state index is 6.55. The molecule has 42 heavy (non-hydrogen) atoms. The lowest BCUT2D eigenvalue weighted by Crippen LogP contribution is -2.09. The van der Waals surface area contributed by atoms with Gasteiger partial charge in [0.2, 0.25) is 0 Å². The van der Waals surface area contributed by atoms with Crippen molar-refractivity contribution in [1.82, 2.24) is 0 Å². The van der Waals surface area contributed by atoms with Crippen LogP contribution in [0.25, 0.3) is 55.0 Å². The molecular formula is C40H27NO. The molecular weight excluding hydrogens is 510 g/mol. The number of rotatable bonds is 5. The predicted molar refractivity (Wildman–Crippen MR) is 177 cm³/mol. The summed E-state index contributed by atoms with van der Waals surface area (Å²) in [5.74, 6) is 0. The van der Waals surface area contributed by atoms with E-state index in [0.717, 1.165) is 44.6 Å². The Kier molecular flexibility index (Phi) is 5.82. The highest BCUT2D eigenvalue weighted by atomic mass is 16.3. The third-order valence-electron chi connectivity index (χ3n) is 8.02. The van der Waals surface area contributed by atoms with Crippen molar-refractivity contribution < 1.29 is 4.42 Å². The van der Waals surface area contributed by atoms with Crippen LogP contribution in [0.1, 0.15) is 0 Å². The normalized spacial score (nSPS) is 11.3. The van der Waals surface area contributed by atoms with E-state index >= 15 is 0 Å². The molecule has 0 saturated carbocycles. The fourth-order valence-corrected chi connectivity index (χ4v) is 6.02. The second-order valence-electron chi connectivity index (χ2n) is 10.6. The van der Waals surface area contributed by atoms with Crippen LogP contribution in [-0.4, -0.2) is 0 Å². The Morgan fingerprint density at radius 1 is 0.357 bits per heavy atom. The molecule has 1 heterocycles. The van der Waals surface area contributed by atoms with Crippen LogP contribution >= 0.6 is 0 Å². The van der Waals surface area contributed by atoms with Crippen LogP contribution in [0.15, 0.2) is 168 Å². The van der Waals surface area contributed by atoms with Crippen molar-refractivity contribution in [1.29, 1.82) is 0 Å². The van der Waals surface area contributed by atoms with Gasteiger partial charge in [-0.05, 0) is 93.7 Å². The third kappa shape index (κ3) is 4.22. The standard InChI is InChI=1S/C40H27NO/c1-4-12-28(13-5-1)38-25-31(24-30-14-10-11-19-35(30)38)29-20-22-36-37-23-21-34(27-40(37)42-39(36)26-29)41(32-15-6-2-7-16-32)33-17-8-3-9-18-33/h1-27H. The molecule has 0 aliphatic heterocycles. The average molecular weight is 538 g/mol. The Labute approximate surface area is 244 Å². The topological polar surface area (TPSA) is 16.4 Å². The second kappa shape index (κ2) is 10.1. The number of anilines is 3. The highest BCUT2D eigenvalue weighted by Crippen LogP contribution is 2.40. The van der Waals surface area contributed by atoms with Gasteiger partial charge in [0, 0.05) is 33.9 Å². The molecule has 0 atom stereocenters. The Morgan fingerprint density at radius 3 is 1.67 bits per heavy atom. The summed E-state index contributed by atoms with van der Waals surface area (Å²) in [6.07, 6.45) is 0. The summed E-state index contributed by atoms with van der Waals surface area (Å²) in [5.41, 5.74) is 9.80. The summed E-state index contributed by atoms with van der Waals surface area (Å²) in [7, 11) is 0. The number of hydrogen-bond acceptors (Lipinski definition) is 2. The van der Waals surface area contributed by atoms with Crippen LogP contribution in [0.4, 0.5) is 17.1 Å². The molecule has 2 nitrogen and oxygen atoms in total. The quantitative estimate of drug-likeness (QED) is 0.217.